The molecule has 0 bridgehead atoms. The Kier molecular flexibility index (Phi) is 4.78. The van der Waals surface area contributed by atoms with E-state index in [9.17, 15) is 4.79 Å². The van der Waals surface area contributed by atoms with Crippen LogP contribution in [0, 0.1) is 0 Å². The van der Waals surface area contributed by atoms with Crippen molar-refractivity contribution in [2.24, 2.45) is 0 Å². The second-order valence-electron chi connectivity index (χ2n) is 6.25. The van der Waals surface area contributed by atoms with Crippen LogP contribution in [0.2, 0.25) is 0 Å². The summed E-state index contributed by atoms with van der Waals surface area (Å²) in [6.45, 7) is 9.31. The maximum Gasteiger partial charge on any atom is 0.236 e. The number of carbonyl (C=O) groups is 1. The van der Waals surface area contributed by atoms with Gasteiger partial charge in [-0.15, -0.1) is 0 Å². The number of nitrogens with one attached hydrogen (secondary N) is 1. The van der Waals surface area contributed by atoms with Crippen LogP contribution in [0.15, 0.2) is 12.4 Å². The molecule has 1 saturated heterocycles. The summed E-state index contributed by atoms with van der Waals surface area (Å²) in [7, 11) is 0. The molecule has 0 aromatic carbocycles. The number of imidazole rings is 1. The monoisotopic (exact) mass is 305 g/mol. The fourth-order valence-corrected chi connectivity index (χ4v) is 3.36. The van der Waals surface area contributed by atoms with Gasteiger partial charge in [-0.25, -0.2) is 4.98 Å². The van der Waals surface area contributed by atoms with Gasteiger partial charge >= 0.3 is 0 Å². The van der Waals surface area contributed by atoms with E-state index in [2.05, 4.69) is 33.6 Å². The van der Waals surface area contributed by atoms with Crippen LogP contribution in [-0.4, -0.2) is 75.9 Å². The zero-order valence-electron chi connectivity index (χ0n) is 13.7. The minimum absolute atomic E-state index is 0.189. The number of likely N-dealkylation sites (N-methyl/N-ethyl adjacent to an activating group) is 2. The second kappa shape index (κ2) is 6.79. The lowest BCUT2D eigenvalue weighted by molar-refractivity contribution is -0.135. The lowest BCUT2D eigenvalue weighted by Gasteiger charge is -2.40. The summed E-state index contributed by atoms with van der Waals surface area (Å²) in [6, 6.07) is 0.834. The molecule has 1 atom stereocenters. The van der Waals surface area contributed by atoms with Gasteiger partial charge in [-0.3, -0.25) is 14.6 Å². The molecule has 1 aliphatic carbocycles. The van der Waals surface area contributed by atoms with Crippen LogP contribution in [0.1, 0.15) is 38.6 Å². The number of aromatic nitrogens is 2. The quantitative estimate of drug-likeness (QED) is 0.855. The van der Waals surface area contributed by atoms with Crippen LogP contribution in [-0.2, 0) is 4.79 Å². The summed E-state index contributed by atoms with van der Waals surface area (Å²) >= 11 is 0. The van der Waals surface area contributed by atoms with Gasteiger partial charge in [0.15, 0.2) is 0 Å². The van der Waals surface area contributed by atoms with Gasteiger partial charge in [0.2, 0.25) is 5.91 Å². The van der Waals surface area contributed by atoms with Gasteiger partial charge in [0.05, 0.1) is 12.6 Å². The Morgan fingerprint density at radius 3 is 2.82 bits per heavy atom. The topological polar surface area (TPSA) is 55.5 Å². The average Bonchev–Trinajstić information content (AvgIpc) is 3.25. The predicted molar refractivity (Wildman–Crippen MR) is 85.4 cm³/mol. The molecule has 2 fully saturated rings. The van der Waals surface area contributed by atoms with Crippen LogP contribution in [0.25, 0.3) is 0 Å². The second-order valence-corrected chi connectivity index (χ2v) is 6.25. The van der Waals surface area contributed by atoms with Gasteiger partial charge in [-0.1, -0.05) is 13.8 Å². The van der Waals surface area contributed by atoms with Crippen molar-refractivity contribution in [2.45, 2.75) is 38.8 Å². The first-order valence-corrected chi connectivity index (χ1v) is 8.48. The number of nitrogens with zero attached hydrogens (tertiary/aromatic N) is 4. The highest BCUT2D eigenvalue weighted by molar-refractivity contribution is 5.78. The first-order chi connectivity index (χ1) is 10.7. The molecule has 6 heteroatoms. The van der Waals surface area contributed by atoms with E-state index in [-0.39, 0.29) is 11.9 Å². The van der Waals surface area contributed by atoms with E-state index < -0.39 is 0 Å². The van der Waals surface area contributed by atoms with Crippen LogP contribution < -0.4 is 0 Å². The van der Waals surface area contributed by atoms with Crippen molar-refractivity contribution < 1.29 is 4.79 Å². The van der Waals surface area contributed by atoms with Gasteiger partial charge in [0, 0.05) is 38.1 Å². The molecule has 1 aromatic rings. The van der Waals surface area contributed by atoms with Crippen LogP contribution in [0.5, 0.6) is 0 Å². The number of piperazine rings is 1. The highest BCUT2D eigenvalue weighted by Crippen LogP contribution is 2.27. The highest BCUT2D eigenvalue weighted by Gasteiger charge is 2.34. The standard InChI is InChI=1S/C16H27N5O/c1-3-19-9-10-21(11-14(19)16-17-7-8-18-16)15(22)12-20(4-2)13-5-6-13/h7-8,13-14H,3-6,9-12H2,1-2H3,(H,17,18)/t14-/m0/s1. The molecule has 122 valence electrons. The fraction of sp³-hybridized carbons (Fsp3) is 0.750. The summed E-state index contributed by atoms with van der Waals surface area (Å²) in [5.41, 5.74) is 0. The molecule has 0 unspecified atom stereocenters. The number of amides is 1. The smallest absolute Gasteiger partial charge is 0.236 e. The number of carbonyl (C=O) groups excluding carboxylic acids is 1. The zero-order chi connectivity index (χ0) is 15.5. The zero-order valence-corrected chi connectivity index (χ0v) is 13.7. The number of hydrogen-bond donors (Lipinski definition) is 1. The predicted octanol–water partition coefficient (Wildman–Crippen LogP) is 1.10. The molecule has 1 aliphatic heterocycles. The Morgan fingerprint density at radius 2 is 2.23 bits per heavy atom. The van der Waals surface area contributed by atoms with Crippen LogP contribution in [0.3, 0.4) is 0 Å². The third-order valence-electron chi connectivity index (χ3n) is 4.89. The molecule has 1 saturated carbocycles. The Balaban J connectivity index is 1.63. The number of aromatic amines is 1. The van der Waals surface area contributed by atoms with E-state index in [1.165, 1.54) is 12.8 Å². The lowest BCUT2D eigenvalue weighted by atomic mass is 10.1. The Morgan fingerprint density at radius 1 is 1.41 bits per heavy atom. The molecule has 1 N–H and O–H groups in total. The van der Waals surface area contributed by atoms with Gasteiger partial charge in [-0.2, -0.15) is 0 Å². The first-order valence-electron chi connectivity index (χ1n) is 8.48. The lowest BCUT2D eigenvalue weighted by Crippen LogP contribution is -2.52. The number of rotatable bonds is 6. The average molecular weight is 305 g/mol. The largest absolute Gasteiger partial charge is 0.347 e. The molecule has 22 heavy (non-hydrogen) atoms. The normalized spacial score (nSPS) is 23.2. The summed E-state index contributed by atoms with van der Waals surface area (Å²) in [6.07, 6.45) is 6.14. The molecule has 2 aliphatic rings. The maximum atomic E-state index is 12.6. The Labute approximate surface area is 132 Å². The van der Waals surface area contributed by atoms with Crippen molar-refractivity contribution in [2.75, 3.05) is 39.3 Å². The van der Waals surface area contributed by atoms with Crippen LogP contribution >= 0.6 is 0 Å². The maximum absolute atomic E-state index is 12.6. The van der Waals surface area contributed by atoms with Crippen molar-refractivity contribution >= 4 is 5.91 Å². The van der Waals surface area contributed by atoms with E-state index in [0.29, 0.717) is 12.6 Å². The molecule has 1 amide bonds. The third-order valence-corrected chi connectivity index (χ3v) is 4.89. The van der Waals surface area contributed by atoms with Crippen molar-refractivity contribution in [1.29, 1.82) is 0 Å². The molecular formula is C16H27N5O. The van der Waals surface area contributed by atoms with Gasteiger partial charge in [0.1, 0.15) is 5.82 Å². The molecule has 1 aromatic heterocycles. The van der Waals surface area contributed by atoms with E-state index in [1.54, 1.807) is 6.20 Å². The van der Waals surface area contributed by atoms with Crippen molar-refractivity contribution in [3.8, 4) is 0 Å². The summed E-state index contributed by atoms with van der Waals surface area (Å²) < 4.78 is 0. The fourth-order valence-electron chi connectivity index (χ4n) is 3.36. The number of hydrogen-bond acceptors (Lipinski definition) is 4. The van der Waals surface area contributed by atoms with Crippen molar-refractivity contribution in [3.63, 3.8) is 0 Å². The molecular weight excluding hydrogens is 278 g/mol. The highest BCUT2D eigenvalue weighted by atomic mass is 16.2. The van der Waals surface area contributed by atoms with E-state index in [1.807, 2.05) is 11.1 Å². The van der Waals surface area contributed by atoms with E-state index in [0.717, 1.165) is 38.5 Å². The Hall–Kier alpha value is -1.40. The minimum Gasteiger partial charge on any atom is -0.347 e. The van der Waals surface area contributed by atoms with Crippen LogP contribution in [0.4, 0.5) is 0 Å². The number of H-pyrrole nitrogens is 1. The molecule has 3 rings (SSSR count). The van der Waals surface area contributed by atoms with Gasteiger partial charge in [-0.05, 0) is 25.9 Å². The molecule has 6 nitrogen and oxygen atoms in total. The minimum atomic E-state index is 0.189. The van der Waals surface area contributed by atoms with Crippen molar-refractivity contribution in [1.82, 2.24) is 24.7 Å². The van der Waals surface area contributed by atoms with Gasteiger partial charge < -0.3 is 9.88 Å². The summed E-state index contributed by atoms with van der Waals surface area (Å²) in [5, 5.41) is 0. The molecule has 0 spiro atoms. The van der Waals surface area contributed by atoms with Crippen molar-refractivity contribution in [3.05, 3.63) is 18.2 Å². The van der Waals surface area contributed by atoms with E-state index >= 15 is 0 Å². The molecule has 0 radical (unpaired) electrons. The third kappa shape index (κ3) is 3.33. The van der Waals surface area contributed by atoms with E-state index in [4.69, 9.17) is 0 Å². The summed E-state index contributed by atoms with van der Waals surface area (Å²) in [5.74, 6) is 1.23. The Bertz CT molecular complexity index is 485. The first kappa shape index (κ1) is 15.5. The van der Waals surface area contributed by atoms with Gasteiger partial charge in [0.25, 0.3) is 0 Å². The molecule has 2 heterocycles. The summed E-state index contributed by atoms with van der Waals surface area (Å²) in [4.78, 5) is 27.0. The SMILES string of the molecule is CCN(CC(=O)N1CCN(CC)[C@H](c2ncc[nH]2)C1)C1CC1.